The lowest BCUT2D eigenvalue weighted by molar-refractivity contribution is -0.137. The highest BCUT2D eigenvalue weighted by Crippen LogP contribution is 2.36. The molecule has 1 aliphatic rings. The number of hydrogen-bond donors (Lipinski definition) is 1. The summed E-state index contributed by atoms with van der Waals surface area (Å²) >= 11 is 0. The van der Waals surface area contributed by atoms with Crippen LogP contribution in [0, 0.1) is 0 Å². The second-order valence-electron chi connectivity index (χ2n) is 5.86. The van der Waals surface area contributed by atoms with Crippen LogP contribution >= 0.6 is 0 Å². The molecular weight excluding hydrogens is 303 g/mol. The van der Waals surface area contributed by atoms with Crippen molar-refractivity contribution in [1.29, 1.82) is 0 Å². The number of hydrogen-bond acceptors (Lipinski definition) is 2. The van der Waals surface area contributed by atoms with Crippen LogP contribution in [-0.2, 0) is 12.6 Å². The van der Waals surface area contributed by atoms with E-state index in [2.05, 4.69) is 19.2 Å². The zero-order valence-electron chi connectivity index (χ0n) is 13.2. The first-order valence-corrected chi connectivity index (χ1v) is 7.99. The van der Waals surface area contributed by atoms with Gasteiger partial charge in [0.15, 0.2) is 0 Å². The molecule has 0 aliphatic carbocycles. The van der Waals surface area contributed by atoms with Crippen LogP contribution in [0.15, 0.2) is 24.3 Å². The van der Waals surface area contributed by atoms with Crippen molar-refractivity contribution in [3.63, 3.8) is 0 Å². The number of alkyl halides is 3. The Morgan fingerprint density at radius 2 is 1.83 bits per heavy atom. The normalized spacial score (nSPS) is 14.2. The summed E-state index contributed by atoms with van der Waals surface area (Å²) in [5, 5.41) is 8.02. The number of rotatable bonds is 4. The molecule has 0 spiro atoms. The second kappa shape index (κ2) is 5.91. The Labute approximate surface area is 133 Å². The van der Waals surface area contributed by atoms with Gasteiger partial charge in [0.2, 0.25) is 0 Å². The molecule has 0 unspecified atom stereocenters. The maximum absolute atomic E-state index is 12.7. The van der Waals surface area contributed by atoms with E-state index in [9.17, 15) is 13.2 Å². The third-order valence-electron chi connectivity index (χ3n) is 4.49. The number of nitrogens with one attached hydrogen (secondary N) is 1. The Hall–Kier alpha value is -1.98. The summed E-state index contributed by atoms with van der Waals surface area (Å²) in [5.41, 5.74) is 2.30. The SMILES string of the molecule is CCC(CC)c1nn(-c2ccc(C(F)(F)F)cc2)c2c1CCN2. The quantitative estimate of drug-likeness (QED) is 0.879. The third kappa shape index (κ3) is 2.82. The molecule has 0 bridgehead atoms. The number of halogens is 3. The predicted octanol–water partition coefficient (Wildman–Crippen LogP) is 4.76. The maximum atomic E-state index is 12.7. The van der Waals surface area contributed by atoms with Crippen molar-refractivity contribution >= 4 is 5.82 Å². The highest BCUT2D eigenvalue weighted by molar-refractivity contribution is 5.57. The van der Waals surface area contributed by atoms with Gasteiger partial charge in [-0.05, 0) is 43.5 Å². The van der Waals surface area contributed by atoms with E-state index < -0.39 is 11.7 Å². The first-order valence-electron chi connectivity index (χ1n) is 7.99. The molecule has 3 nitrogen and oxygen atoms in total. The van der Waals surface area contributed by atoms with E-state index in [1.54, 1.807) is 4.68 Å². The molecule has 0 fully saturated rings. The molecule has 23 heavy (non-hydrogen) atoms. The minimum atomic E-state index is -4.32. The van der Waals surface area contributed by atoms with Gasteiger partial charge >= 0.3 is 6.18 Å². The zero-order valence-corrected chi connectivity index (χ0v) is 13.2. The van der Waals surface area contributed by atoms with Crippen molar-refractivity contribution in [3.05, 3.63) is 41.1 Å². The highest BCUT2D eigenvalue weighted by Gasteiger charge is 2.31. The fraction of sp³-hybridized carbons (Fsp3) is 0.471. The zero-order chi connectivity index (χ0) is 16.6. The van der Waals surface area contributed by atoms with Gasteiger partial charge < -0.3 is 5.32 Å². The summed E-state index contributed by atoms with van der Waals surface area (Å²) in [7, 11) is 0. The summed E-state index contributed by atoms with van der Waals surface area (Å²) in [6.07, 6.45) is -1.38. The van der Waals surface area contributed by atoms with Gasteiger partial charge in [-0.3, -0.25) is 0 Å². The molecule has 3 rings (SSSR count). The van der Waals surface area contributed by atoms with Gasteiger partial charge in [0.05, 0.1) is 16.9 Å². The van der Waals surface area contributed by atoms with E-state index in [1.165, 1.54) is 17.7 Å². The Bertz CT molecular complexity index is 682. The first-order chi connectivity index (χ1) is 11.0. The standard InChI is InChI=1S/C17H20F3N3/c1-3-11(4-2)15-14-9-10-21-16(14)23(22-15)13-7-5-12(6-8-13)17(18,19)20/h5-8,11,21H,3-4,9-10H2,1-2H3. The smallest absolute Gasteiger partial charge is 0.369 e. The molecule has 0 atom stereocenters. The van der Waals surface area contributed by atoms with Crippen LogP contribution in [0.4, 0.5) is 19.0 Å². The lowest BCUT2D eigenvalue weighted by atomic mass is 9.96. The predicted molar refractivity (Wildman–Crippen MR) is 84.1 cm³/mol. The molecule has 1 aromatic carbocycles. The molecule has 1 N–H and O–H groups in total. The van der Waals surface area contributed by atoms with Gasteiger partial charge in [-0.15, -0.1) is 0 Å². The minimum absolute atomic E-state index is 0.388. The van der Waals surface area contributed by atoms with E-state index >= 15 is 0 Å². The van der Waals surface area contributed by atoms with E-state index in [4.69, 9.17) is 5.10 Å². The number of anilines is 1. The number of fused-ring (bicyclic) bond motifs is 1. The van der Waals surface area contributed by atoms with Crippen molar-refractivity contribution in [2.24, 2.45) is 0 Å². The van der Waals surface area contributed by atoms with Gasteiger partial charge in [-0.1, -0.05) is 13.8 Å². The van der Waals surface area contributed by atoms with Gasteiger partial charge in [0, 0.05) is 18.0 Å². The number of nitrogens with zero attached hydrogens (tertiary/aromatic N) is 2. The molecule has 2 aromatic rings. The average molecular weight is 323 g/mol. The number of benzene rings is 1. The maximum Gasteiger partial charge on any atom is 0.416 e. The largest absolute Gasteiger partial charge is 0.416 e. The van der Waals surface area contributed by atoms with Crippen LogP contribution in [0.25, 0.3) is 5.69 Å². The van der Waals surface area contributed by atoms with Crippen molar-refractivity contribution in [2.45, 2.75) is 45.2 Å². The van der Waals surface area contributed by atoms with E-state index in [-0.39, 0.29) is 0 Å². The van der Waals surface area contributed by atoms with Crippen molar-refractivity contribution in [1.82, 2.24) is 9.78 Å². The number of aromatic nitrogens is 2. The van der Waals surface area contributed by atoms with E-state index in [1.807, 2.05) is 0 Å². The second-order valence-corrected chi connectivity index (χ2v) is 5.86. The fourth-order valence-electron chi connectivity index (χ4n) is 3.18. The van der Waals surface area contributed by atoms with Crippen molar-refractivity contribution in [2.75, 3.05) is 11.9 Å². The van der Waals surface area contributed by atoms with Gasteiger partial charge in [-0.2, -0.15) is 18.3 Å². The van der Waals surface area contributed by atoms with Crippen LogP contribution in [0.3, 0.4) is 0 Å². The highest BCUT2D eigenvalue weighted by atomic mass is 19.4. The molecule has 6 heteroatoms. The van der Waals surface area contributed by atoms with Crippen molar-refractivity contribution < 1.29 is 13.2 Å². The Morgan fingerprint density at radius 3 is 2.39 bits per heavy atom. The van der Waals surface area contributed by atoms with Crippen LogP contribution in [0.2, 0.25) is 0 Å². The summed E-state index contributed by atoms with van der Waals surface area (Å²) in [4.78, 5) is 0. The average Bonchev–Trinajstić information content (AvgIpc) is 3.11. The summed E-state index contributed by atoms with van der Waals surface area (Å²) in [6, 6.07) is 5.17. The lowest BCUT2D eigenvalue weighted by Gasteiger charge is -2.11. The van der Waals surface area contributed by atoms with Crippen LogP contribution < -0.4 is 5.32 Å². The summed E-state index contributed by atoms with van der Waals surface area (Å²) < 4.78 is 39.9. The molecule has 0 saturated carbocycles. The summed E-state index contributed by atoms with van der Waals surface area (Å²) in [5.74, 6) is 1.31. The monoisotopic (exact) mass is 323 g/mol. The molecule has 124 valence electrons. The molecule has 0 saturated heterocycles. The third-order valence-corrected chi connectivity index (χ3v) is 4.49. The van der Waals surface area contributed by atoms with E-state index in [0.717, 1.165) is 49.5 Å². The van der Waals surface area contributed by atoms with Crippen LogP contribution in [0.5, 0.6) is 0 Å². The van der Waals surface area contributed by atoms with Gasteiger partial charge in [0.1, 0.15) is 5.82 Å². The van der Waals surface area contributed by atoms with Gasteiger partial charge in [0.25, 0.3) is 0 Å². The topological polar surface area (TPSA) is 29.9 Å². The fourth-order valence-corrected chi connectivity index (χ4v) is 3.18. The molecule has 2 heterocycles. The Morgan fingerprint density at radius 1 is 1.17 bits per heavy atom. The Balaban J connectivity index is 2.02. The van der Waals surface area contributed by atoms with Crippen LogP contribution in [0.1, 0.15) is 49.4 Å². The minimum Gasteiger partial charge on any atom is -0.369 e. The van der Waals surface area contributed by atoms with E-state index in [0.29, 0.717) is 11.6 Å². The van der Waals surface area contributed by atoms with Crippen molar-refractivity contribution in [3.8, 4) is 5.69 Å². The Kier molecular flexibility index (Phi) is 4.08. The molecule has 0 radical (unpaired) electrons. The molecule has 1 aliphatic heterocycles. The summed E-state index contributed by atoms with van der Waals surface area (Å²) in [6.45, 7) is 5.13. The molecular formula is C17H20F3N3. The molecule has 1 aromatic heterocycles. The van der Waals surface area contributed by atoms with Crippen LogP contribution in [-0.4, -0.2) is 16.3 Å². The van der Waals surface area contributed by atoms with Gasteiger partial charge in [-0.25, -0.2) is 4.68 Å². The molecule has 0 amide bonds. The lowest BCUT2D eigenvalue weighted by Crippen LogP contribution is -2.08. The first kappa shape index (κ1) is 15.9.